The molecule has 118 valence electrons. The molecule has 6 heteroatoms. The molecule has 22 heavy (non-hydrogen) atoms. The quantitative estimate of drug-likeness (QED) is 0.509. The normalized spacial score (nSPS) is 11.5. The van der Waals surface area contributed by atoms with Crippen LogP contribution in [0.3, 0.4) is 0 Å². The fourth-order valence-electron chi connectivity index (χ4n) is 1.72. The summed E-state index contributed by atoms with van der Waals surface area (Å²) in [5.41, 5.74) is 0.602. The van der Waals surface area contributed by atoms with Crippen LogP contribution in [0.25, 0.3) is 0 Å². The maximum absolute atomic E-state index is 11.8. The van der Waals surface area contributed by atoms with Gasteiger partial charge >= 0.3 is 5.97 Å². The number of hydrogen-bond donors (Lipinski definition) is 2. The van der Waals surface area contributed by atoms with Crippen molar-refractivity contribution in [2.45, 2.75) is 18.9 Å². The lowest BCUT2D eigenvalue weighted by Gasteiger charge is -2.13. The standard InChI is InChI=1S/C16H19NO4S/c1-2-3-9-13(16(20)21)17-15(19)11-22-10-14(18)12-7-5-4-6-8-12/h2,4-8,13H,1,3,9-11H2,(H,17,19)(H,20,21). The number of aliphatic carboxylic acids is 1. The van der Waals surface area contributed by atoms with Crippen LogP contribution >= 0.6 is 11.8 Å². The van der Waals surface area contributed by atoms with E-state index in [0.29, 0.717) is 18.4 Å². The molecular formula is C16H19NO4S. The first-order valence-electron chi connectivity index (χ1n) is 6.83. The molecular weight excluding hydrogens is 302 g/mol. The van der Waals surface area contributed by atoms with Crippen LogP contribution in [0.2, 0.25) is 0 Å². The molecule has 0 radical (unpaired) electrons. The van der Waals surface area contributed by atoms with Gasteiger partial charge in [0.05, 0.1) is 11.5 Å². The Morgan fingerprint density at radius 1 is 1.23 bits per heavy atom. The van der Waals surface area contributed by atoms with Crippen molar-refractivity contribution in [1.29, 1.82) is 0 Å². The highest BCUT2D eigenvalue weighted by molar-refractivity contribution is 8.00. The average Bonchev–Trinajstić information content (AvgIpc) is 2.51. The molecule has 0 aromatic heterocycles. The minimum absolute atomic E-state index is 0.0520. The Morgan fingerprint density at radius 2 is 1.91 bits per heavy atom. The van der Waals surface area contributed by atoms with Gasteiger partial charge in [-0.1, -0.05) is 36.4 Å². The Balaban J connectivity index is 2.34. The number of benzene rings is 1. The number of carbonyl (C=O) groups is 3. The van der Waals surface area contributed by atoms with Gasteiger partial charge in [0.15, 0.2) is 5.78 Å². The third-order valence-electron chi connectivity index (χ3n) is 2.85. The number of thioether (sulfide) groups is 1. The van der Waals surface area contributed by atoms with Crippen LogP contribution in [0.1, 0.15) is 23.2 Å². The number of nitrogens with one attached hydrogen (secondary N) is 1. The molecule has 0 saturated heterocycles. The number of hydrogen-bond acceptors (Lipinski definition) is 4. The van der Waals surface area contributed by atoms with E-state index < -0.39 is 12.0 Å². The van der Waals surface area contributed by atoms with E-state index in [9.17, 15) is 14.4 Å². The van der Waals surface area contributed by atoms with Crippen molar-refractivity contribution >= 4 is 29.4 Å². The predicted octanol–water partition coefficient (Wildman–Crippen LogP) is 2.14. The summed E-state index contributed by atoms with van der Waals surface area (Å²) >= 11 is 1.17. The summed E-state index contributed by atoms with van der Waals surface area (Å²) in [7, 11) is 0. The van der Waals surface area contributed by atoms with E-state index in [1.165, 1.54) is 11.8 Å². The van der Waals surface area contributed by atoms with Crippen LogP contribution in [-0.4, -0.2) is 40.3 Å². The molecule has 5 nitrogen and oxygen atoms in total. The SMILES string of the molecule is C=CCCC(NC(=O)CSCC(=O)c1ccccc1)C(=O)O. The van der Waals surface area contributed by atoms with Crippen LogP contribution in [0.15, 0.2) is 43.0 Å². The van der Waals surface area contributed by atoms with Crippen molar-refractivity contribution in [2.75, 3.05) is 11.5 Å². The number of Topliss-reactive ketones (excluding diaryl/α,β-unsaturated/α-hetero) is 1. The molecule has 1 rings (SSSR count). The maximum Gasteiger partial charge on any atom is 0.326 e. The molecule has 1 aromatic carbocycles. The van der Waals surface area contributed by atoms with Gasteiger partial charge in [0.2, 0.25) is 5.91 Å². The summed E-state index contributed by atoms with van der Waals surface area (Å²) in [5, 5.41) is 11.4. The molecule has 0 bridgehead atoms. The summed E-state index contributed by atoms with van der Waals surface area (Å²) in [5.74, 6) is -1.28. The molecule has 0 aliphatic carbocycles. The second-order valence-corrected chi connectivity index (χ2v) is 5.59. The first kappa shape index (κ1) is 18.0. The number of amides is 1. The van der Waals surface area contributed by atoms with Crippen molar-refractivity contribution in [3.8, 4) is 0 Å². The van der Waals surface area contributed by atoms with Crippen LogP contribution < -0.4 is 5.32 Å². The van der Waals surface area contributed by atoms with E-state index in [1.54, 1.807) is 30.3 Å². The highest BCUT2D eigenvalue weighted by Crippen LogP contribution is 2.07. The van der Waals surface area contributed by atoms with Crippen LogP contribution in [0.5, 0.6) is 0 Å². The zero-order chi connectivity index (χ0) is 16.4. The van der Waals surface area contributed by atoms with Gasteiger partial charge in [-0.25, -0.2) is 4.79 Å². The van der Waals surface area contributed by atoms with E-state index in [0.717, 1.165) is 0 Å². The van der Waals surface area contributed by atoms with E-state index in [-0.39, 0.29) is 23.2 Å². The van der Waals surface area contributed by atoms with Gasteiger partial charge in [-0.3, -0.25) is 9.59 Å². The van der Waals surface area contributed by atoms with Crippen LogP contribution in [0.4, 0.5) is 0 Å². The van der Waals surface area contributed by atoms with Crippen molar-refractivity contribution in [2.24, 2.45) is 0 Å². The molecule has 0 aliphatic rings. The van der Waals surface area contributed by atoms with Crippen molar-refractivity contribution < 1.29 is 19.5 Å². The number of allylic oxidation sites excluding steroid dienone is 1. The minimum atomic E-state index is -1.07. The Bertz CT molecular complexity index is 530. The number of carboxylic acid groups (broad SMARTS) is 1. The maximum atomic E-state index is 11.8. The largest absolute Gasteiger partial charge is 0.480 e. The van der Waals surface area contributed by atoms with Gasteiger partial charge in [-0.05, 0) is 12.8 Å². The molecule has 0 saturated carbocycles. The van der Waals surface area contributed by atoms with Crippen LogP contribution in [-0.2, 0) is 9.59 Å². The molecule has 0 fully saturated rings. The van der Waals surface area contributed by atoms with E-state index in [2.05, 4.69) is 11.9 Å². The summed E-state index contributed by atoms with van der Waals surface area (Å²) in [6, 6.07) is 7.91. The molecule has 1 amide bonds. The zero-order valence-corrected chi connectivity index (χ0v) is 13.0. The topological polar surface area (TPSA) is 83.5 Å². The first-order valence-corrected chi connectivity index (χ1v) is 7.99. The van der Waals surface area contributed by atoms with Gasteiger partial charge in [0, 0.05) is 5.56 Å². The Morgan fingerprint density at radius 3 is 2.50 bits per heavy atom. The van der Waals surface area contributed by atoms with Gasteiger partial charge in [-0.15, -0.1) is 18.3 Å². The Labute approximate surface area is 133 Å². The molecule has 1 unspecified atom stereocenters. The second kappa shape index (κ2) is 9.78. The molecule has 0 heterocycles. The zero-order valence-electron chi connectivity index (χ0n) is 12.2. The summed E-state index contributed by atoms with van der Waals surface area (Å²) in [4.78, 5) is 34.5. The second-order valence-electron chi connectivity index (χ2n) is 4.61. The lowest BCUT2D eigenvalue weighted by atomic mass is 10.1. The van der Waals surface area contributed by atoms with E-state index in [4.69, 9.17) is 5.11 Å². The number of ketones is 1. The monoisotopic (exact) mass is 321 g/mol. The van der Waals surface area contributed by atoms with Crippen molar-refractivity contribution in [3.05, 3.63) is 48.6 Å². The van der Waals surface area contributed by atoms with Crippen molar-refractivity contribution in [3.63, 3.8) is 0 Å². The van der Waals surface area contributed by atoms with Gasteiger partial charge in [0.25, 0.3) is 0 Å². The lowest BCUT2D eigenvalue weighted by Crippen LogP contribution is -2.41. The number of rotatable bonds is 10. The van der Waals surface area contributed by atoms with Gasteiger partial charge < -0.3 is 10.4 Å². The van der Waals surface area contributed by atoms with E-state index in [1.807, 2.05) is 6.07 Å². The molecule has 1 aromatic rings. The Kier molecular flexibility index (Phi) is 7.99. The lowest BCUT2D eigenvalue weighted by molar-refractivity contribution is -0.141. The summed E-state index contributed by atoms with van der Waals surface area (Å²) in [6.45, 7) is 3.52. The highest BCUT2D eigenvalue weighted by Gasteiger charge is 2.19. The predicted molar refractivity (Wildman–Crippen MR) is 87.1 cm³/mol. The number of carboxylic acids is 1. The fraction of sp³-hybridized carbons (Fsp3) is 0.312. The van der Waals surface area contributed by atoms with Crippen LogP contribution in [0, 0.1) is 0 Å². The smallest absolute Gasteiger partial charge is 0.326 e. The molecule has 2 N–H and O–H groups in total. The average molecular weight is 321 g/mol. The number of carbonyl (C=O) groups excluding carboxylic acids is 2. The third kappa shape index (κ3) is 6.58. The van der Waals surface area contributed by atoms with Crippen molar-refractivity contribution in [1.82, 2.24) is 5.32 Å². The highest BCUT2D eigenvalue weighted by atomic mass is 32.2. The molecule has 0 aliphatic heterocycles. The molecule has 1 atom stereocenters. The fourth-order valence-corrected chi connectivity index (χ4v) is 2.44. The third-order valence-corrected chi connectivity index (χ3v) is 3.79. The summed E-state index contributed by atoms with van der Waals surface area (Å²) < 4.78 is 0. The van der Waals surface area contributed by atoms with Gasteiger partial charge in [-0.2, -0.15) is 0 Å². The van der Waals surface area contributed by atoms with Gasteiger partial charge in [0.1, 0.15) is 6.04 Å². The first-order chi connectivity index (χ1) is 10.5. The molecule has 0 spiro atoms. The van der Waals surface area contributed by atoms with E-state index >= 15 is 0 Å². The minimum Gasteiger partial charge on any atom is -0.480 e. The Hall–Kier alpha value is -2.08. The summed E-state index contributed by atoms with van der Waals surface area (Å²) in [6.07, 6.45) is 2.42.